The van der Waals surface area contributed by atoms with Crippen LogP contribution in [0.5, 0.6) is 0 Å². The fourth-order valence-electron chi connectivity index (χ4n) is 3.37. The van der Waals surface area contributed by atoms with Crippen LogP contribution < -0.4 is 0 Å². The average Bonchev–Trinajstić information content (AvgIpc) is 2.60. The normalized spacial score (nSPS) is 39.0. The summed E-state index contributed by atoms with van der Waals surface area (Å²) in [6.07, 6.45) is 6.54. The van der Waals surface area contributed by atoms with Gasteiger partial charge in [0.2, 0.25) is 0 Å². The zero-order valence-electron chi connectivity index (χ0n) is 10.1. The first-order valence-corrected chi connectivity index (χ1v) is 7.02. The van der Waals surface area contributed by atoms with Crippen LogP contribution in [0.1, 0.15) is 46.0 Å². The second-order valence-electron chi connectivity index (χ2n) is 5.52. The van der Waals surface area contributed by atoms with Crippen LogP contribution in [0.3, 0.4) is 0 Å². The quantitative estimate of drug-likeness (QED) is 0.670. The molecule has 0 amide bonds. The molecule has 1 saturated heterocycles. The van der Waals surface area contributed by atoms with E-state index in [1.807, 2.05) is 0 Å². The third-order valence-corrected chi connectivity index (χ3v) is 4.74. The largest absolute Gasteiger partial charge is 0.300 e. The maximum Gasteiger partial charge on any atom is 0.0339 e. The van der Waals surface area contributed by atoms with Crippen molar-refractivity contribution in [1.29, 1.82) is 0 Å². The molecular formula is C13H24ClN. The SMILES string of the molecule is CCCC(C)N1CC2CCC(Cl)CC2C1. The highest BCUT2D eigenvalue weighted by Crippen LogP contribution is 2.39. The number of fused-ring (bicyclic) bond motifs is 1. The molecule has 0 aromatic carbocycles. The molecule has 1 nitrogen and oxygen atoms in total. The lowest BCUT2D eigenvalue weighted by Gasteiger charge is -2.27. The van der Waals surface area contributed by atoms with Gasteiger partial charge in [-0.25, -0.2) is 0 Å². The molecular weight excluding hydrogens is 206 g/mol. The van der Waals surface area contributed by atoms with E-state index >= 15 is 0 Å². The van der Waals surface area contributed by atoms with Gasteiger partial charge in [-0.2, -0.15) is 0 Å². The minimum absolute atomic E-state index is 0.465. The van der Waals surface area contributed by atoms with E-state index in [4.69, 9.17) is 11.6 Å². The molecule has 0 N–H and O–H groups in total. The van der Waals surface area contributed by atoms with Gasteiger partial charge >= 0.3 is 0 Å². The standard InChI is InChI=1S/C13H24ClN/c1-3-4-10(2)15-8-11-5-6-13(14)7-12(11)9-15/h10-13H,3-9H2,1-2H3. The van der Waals surface area contributed by atoms with Crippen LogP contribution in [0.4, 0.5) is 0 Å². The van der Waals surface area contributed by atoms with Gasteiger partial charge in [-0.15, -0.1) is 11.6 Å². The van der Waals surface area contributed by atoms with Crippen molar-refractivity contribution in [3.63, 3.8) is 0 Å². The minimum atomic E-state index is 0.465. The Balaban J connectivity index is 1.87. The molecule has 0 spiro atoms. The number of hydrogen-bond donors (Lipinski definition) is 0. The van der Waals surface area contributed by atoms with Gasteiger partial charge in [-0.05, 0) is 44.4 Å². The fourth-order valence-corrected chi connectivity index (χ4v) is 3.73. The lowest BCUT2D eigenvalue weighted by Crippen LogP contribution is -2.31. The summed E-state index contributed by atoms with van der Waals surface area (Å²) in [5, 5.41) is 0.465. The summed E-state index contributed by atoms with van der Waals surface area (Å²) in [5.41, 5.74) is 0. The zero-order valence-corrected chi connectivity index (χ0v) is 10.8. The van der Waals surface area contributed by atoms with Crippen molar-refractivity contribution in [3.8, 4) is 0 Å². The van der Waals surface area contributed by atoms with Crippen LogP contribution in [-0.4, -0.2) is 29.4 Å². The molecule has 4 unspecified atom stereocenters. The van der Waals surface area contributed by atoms with E-state index in [1.165, 1.54) is 45.2 Å². The third-order valence-electron chi connectivity index (χ3n) is 4.34. The summed E-state index contributed by atoms with van der Waals surface area (Å²) < 4.78 is 0. The van der Waals surface area contributed by atoms with Crippen LogP contribution in [-0.2, 0) is 0 Å². The molecule has 0 radical (unpaired) electrons. The van der Waals surface area contributed by atoms with E-state index in [9.17, 15) is 0 Å². The number of likely N-dealkylation sites (tertiary alicyclic amines) is 1. The molecule has 1 saturated carbocycles. The number of rotatable bonds is 3. The molecule has 4 atom stereocenters. The van der Waals surface area contributed by atoms with Crippen molar-refractivity contribution in [3.05, 3.63) is 0 Å². The van der Waals surface area contributed by atoms with Gasteiger partial charge < -0.3 is 4.90 Å². The van der Waals surface area contributed by atoms with Crippen molar-refractivity contribution in [2.75, 3.05) is 13.1 Å². The molecule has 0 aromatic rings. The smallest absolute Gasteiger partial charge is 0.0339 e. The van der Waals surface area contributed by atoms with Crippen molar-refractivity contribution in [1.82, 2.24) is 4.90 Å². The summed E-state index contributed by atoms with van der Waals surface area (Å²) in [6.45, 7) is 7.33. The lowest BCUT2D eigenvalue weighted by molar-refractivity contribution is 0.233. The van der Waals surface area contributed by atoms with Crippen molar-refractivity contribution in [2.45, 2.75) is 57.4 Å². The molecule has 0 bridgehead atoms. The predicted molar refractivity (Wildman–Crippen MR) is 66.4 cm³/mol. The summed E-state index contributed by atoms with van der Waals surface area (Å²) >= 11 is 6.25. The fraction of sp³-hybridized carbons (Fsp3) is 1.00. The minimum Gasteiger partial charge on any atom is -0.300 e. The Morgan fingerprint density at radius 3 is 2.73 bits per heavy atom. The van der Waals surface area contributed by atoms with Crippen LogP contribution in [0.15, 0.2) is 0 Å². The molecule has 15 heavy (non-hydrogen) atoms. The topological polar surface area (TPSA) is 3.24 Å². The maximum absolute atomic E-state index is 6.25. The van der Waals surface area contributed by atoms with Crippen molar-refractivity contribution in [2.24, 2.45) is 11.8 Å². The Kier molecular flexibility index (Phi) is 3.95. The van der Waals surface area contributed by atoms with Crippen LogP contribution in [0, 0.1) is 11.8 Å². The summed E-state index contributed by atoms with van der Waals surface area (Å²) in [7, 11) is 0. The van der Waals surface area contributed by atoms with Crippen molar-refractivity contribution < 1.29 is 0 Å². The molecule has 2 aliphatic rings. The first-order valence-electron chi connectivity index (χ1n) is 6.58. The number of nitrogens with zero attached hydrogens (tertiary/aromatic N) is 1. The highest BCUT2D eigenvalue weighted by atomic mass is 35.5. The van der Waals surface area contributed by atoms with Gasteiger partial charge in [0, 0.05) is 24.5 Å². The van der Waals surface area contributed by atoms with Crippen molar-refractivity contribution >= 4 is 11.6 Å². The van der Waals surface area contributed by atoms with Crippen LogP contribution >= 0.6 is 11.6 Å². The van der Waals surface area contributed by atoms with Gasteiger partial charge in [-0.3, -0.25) is 0 Å². The number of halogens is 1. The Hall–Kier alpha value is 0.250. The van der Waals surface area contributed by atoms with E-state index in [0.29, 0.717) is 5.38 Å². The van der Waals surface area contributed by atoms with E-state index in [-0.39, 0.29) is 0 Å². The highest BCUT2D eigenvalue weighted by Gasteiger charge is 2.38. The van der Waals surface area contributed by atoms with Gasteiger partial charge in [-0.1, -0.05) is 13.3 Å². The molecule has 1 heterocycles. The Labute approximate surface area is 99.2 Å². The molecule has 1 aliphatic carbocycles. The highest BCUT2D eigenvalue weighted by molar-refractivity contribution is 6.20. The molecule has 1 aliphatic heterocycles. The second-order valence-corrected chi connectivity index (χ2v) is 6.14. The third kappa shape index (κ3) is 2.68. The Bertz CT molecular complexity index is 207. The van der Waals surface area contributed by atoms with Gasteiger partial charge in [0.05, 0.1) is 0 Å². The first-order chi connectivity index (χ1) is 7.20. The molecule has 2 rings (SSSR count). The average molecular weight is 230 g/mol. The van der Waals surface area contributed by atoms with E-state index in [0.717, 1.165) is 17.9 Å². The second kappa shape index (κ2) is 5.05. The molecule has 2 fully saturated rings. The van der Waals surface area contributed by atoms with Gasteiger partial charge in [0.1, 0.15) is 0 Å². The van der Waals surface area contributed by atoms with E-state index in [2.05, 4.69) is 18.7 Å². The maximum atomic E-state index is 6.25. The molecule has 88 valence electrons. The van der Waals surface area contributed by atoms with Gasteiger partial charge in [0.25, 0.3) is 0 Å². The van der Waals surface area contributed by atoms with E-state index < -0.39 is 0 Å². The zero-order chi connectivity index (χ0) is 10.8. The van der Waals surface area contributed by atoms with E-state index in [1.54, 1.807) is 0 Å². The number of hydrogen-bond acceptors (Lipinski definition) is 1. The number of alkyl halides is 1. The lowest BCUT2D eigenvalue weighted by atomic mass is 9.82. The Morgan fingerprint density at radius 1 is 1.27 bits per heavy atom. The predicted octanol–water partition coefficient (Wildman–Crippen LogP) is 3.51. The molecule has 0 aromatic heterocycles. The summed E-state index contributed by atoms with van der Waals surface area (Å²) in [5.74, 6) is 1.86. The Morgan fingerprint density at radius 2 is 2.00 bits per heavy atom. The first kappa shape index (κ1) is 11.7. The molecule has 2 heteroatoms. The monoisotopic (exact) mass is 229 g/mol. The summed E-state index contributed by atoms with van der Waals surface area (Å²) in [4.78, 5) is 2.70. The van der Waals surface area contributed by atoms with Crippen LogP contribution in [0.2, 0.25) is 0 Å². The van der Waals surface area contributed by atoms with Gasteiger partial charge in [0.15, 0.2) is 0 Å². The summed E-state index contributed by atoms with van der Waals surface area (Å²) in [6, 6.07) is 0.786. The van der Waals surface area contributed by atoms with Crippen LogP contribution in [0.25, 0.3) is 0 Å².